The van der Waals surface area contributed by atoms with Gasteiger partial charge in [0.25, 0.3) is 0 Å². The van der Waals surface area contributed by atoms with Gasteiger partial charge in [0.05, 0.1) is 13.2 Å². The molecule has 6 nitrogen and oxygen atoms in total. The molecule has 0 amide bonds. The molecule has 23 heavy (non-hydrogen) atoms. The molecule has 0 aliphatic heterocycles. The van der Waals surface area contributed by atoms with Crippen LogP contribution in [0.15, 0.2) is 34.2 Å². The highest BCUT2D eigenvalue weighted by Gasteiger charge is 2.08. The van der Waals surface area contributed by atoms with Crippen LogP contribution in [0.4, 0.5) is 0 Å². The summed E-state index contributed by atoms with van der Waals surface area (Å²) in [5, 5.41) is 7.29. The molecule has 0 bridgehead atoms. The largest absolute Gasteiger partial charge is 0.494 e. The lowest BCUT2D eigenvalue weighted by Crippen LogP contribution is -2.17. The van der Waals surface area contributed by atoms with Crippen molar-refractivity contribution in [1.82, 2.24) is 14.8 Å². The van der Waals surface area contributed by atoms with E-state index in [1.807, 2.05) is 31.2 Å². The Kier molecular flexibility index (Phi) is 7.06. The van der Waals surface area contributed by atoms with E-state index in [1.54, 1.807) is 4.57 Å². The Morgan fingerprint density at radius 2 is 1.87 bits per heavy atom. The van der Waals surface area contributed by atoms with Crippen LogP contribution in [0.3, 0.4) is 0 Å². The van der Waals surface area contributed by atoms with Crippen molar-refractivity contribution < 1.29 is 9.47 Å². The van der Waals surface area contributed by atoms with E-state index in [0.717, 1.165) is 35.2 Å². The monoisotopic (exact) mass is 337 g/mol. The Morgan fingerprint density at radius 3 is 2.52 bits per heavy atom. The highest BCUT2D eigenvalue weighted by Crippen LogP contribution is 2.19. The lowest BCUT2D eigenvalue weighted by molar-refractivity contribution is 0.332. The van der Waals surface area contributed by atoms with Crippen LogP contribution in [-0.4, -0.2) is 33.7 Å². The van der Waals surface area contributed by atoms with Crippen LogP contribution in [0.2, 0.25) is 0 Å². The molecule has 0 unspecified atom stereocenters. The highest BCUT2D eigenvalue weighted by molar-refractivity contribution is 7.99. The Bertz CT molecular complexity index is 637. The molecule has 0 spiro atoms. The Balaban J connectivity index is 1.78. The molecule has 0 radical (unpaired) electrons. The van der Waals surface area contributed by atoms with Crippen molar-refractivity contribution in [3.05, 3.63) is 34.7 Å². The van der Waals surface area contributed by atoms with Gasteiger partial charge >= 0.3 is 5.69 Å². The second kappa shape index (κ2) is 9.29. The number of thioether (sulfide) groups is 1. The zero-order chi connectivity index (χ0) is 16.5. The summed E-state index contributed by atoms with van der Waals surface area (Å²) in [5.41, 5.74) is -0.145. The molecular weight excluding hydrogens is 314 g/mol. The summed E-state index contributed by atoms with van der Waals surface area (Å²) in [6.45, 7) is 5.96. The zero-order valence-corrected chi connectivity index (χ0v) is 14.4. The van der Waals surface area contributed by atoms with Gasteiger partial charge in [-0.1, -0.05) is 25.1 Å². The maximum absolute atomic E-state index is 11.7. The summed E-state index contributed by atoms with van der Waals surface area (Å²) < 4.78 is 12.8. The fourth-order valence-electron chi connectivity index (χ4n) is 2.02. The molecule has 0 fully saturated rings. The molecule has 0 atom stereocenters. The van der Waals surface area contributed by atoms with Crippen molar-refractivity contribution in [2.75, 3.05) is 19.0 Å². The second-order valence-electron chi connectivity index (χ2n) is 4.92. The van der Waals surface area contributed by atoms with Gasteiger partial charge in [-0.15, -0.1) is 5.10 Å². The minimum Gasteiger partial charge on any atom is -0.494 e. The van der Waals surface area contributed by atoms with Crippen LogP contribution >= 0.6 is 11.8 Å². The Morgan fingerprint density at radius 1 is 1.17 bits per heavy atom. The molecule has 2 rings (SSSR count). The van der Waals surface area contributed by atoms with E-state index in [-0.39, 0.29) is 5.69 Å². The maximum atomic E-state index is 11.7. The summed E-state index contributed by atoms with van der Waals surface area (Å²) in [6, 6.07) is 7.56. The van der Waals surface area contributed by atoms with Gasteiger partial charge in [-0.2, -0.15) is 0 Å². The lowest BCUT2D eigenvalue weighted by atomic mass is 10.3. The second-order valence-corrected chi connectivity index (χ2v) is 5.98. The van der Waals surface area contributed by atoms with E-state index < -0.39 is 0 Å². The molecule has 1 N–H and O–H groups in total. The van der Waals surface area contributed by atoms with Crippen LogP contribution in [0.5, 0.6) is 11.5 Å². The van der Waals surface area contributed by atoms with E-state index in [1.165, 1.54) is 11.8 Å². The van der Waals surface area contributed by atoms with Crippen molar-refractivity contribution in [2.45, 2.75) is 38.4 Å². The normalized spacial score (nSPS) is 10.7. The average Bonchev–Trinajstić information content (AvgIpc) is 2.91. The Hall–Kier alpha value is -1.89. The molecule has 1 aromatic carbocycles. The van der Waals surface area contributed by atoms with Crippen molar-refractivity contribution in [1.29, 1.82) is 0 Å². The number of aromatic nitrogens is 3. The van der Waals surface area contributed by atoms with Crippen LogP contribution in [0, 0.1) is 0 Å². The summed E-state index contributed by atoms with van der Waals surface area (Å²) in [6.07, 6.45) is 2.01. The first-order chi connectivity index (χ1) is 11.2. The molecule has 0 saturated heterocycles. The SMILES string of the molecule is CCCCn1c(SCCOc2ccc(OCC)cc2)n[nH]c1=O. The van der Waals surface area contributed by atoms with Gasteiger partial charge in [-0.25, -0.2) is 9.89 Å². The summed E-state index contributed by atoms with van der Waals surface area (Å²) in [5.74, 6) is 2.37. The predicted molar refractivity (Wildman–Crippen MR) is 91.6 cm³/mol. The fourth-order valence-corrected chi connectivity index (χ4v) is 2.81. The van der Waals surface area contributed by atoms with Crippen molar-refractivity contribution in [2.24, 2.45) is 0 Å². The summed E-state index contributed by atoms with van der Waals surface area (Å²) >= 11 is 1.52. The van der Waals surface area contributed by atoms with E-state index in [9.17, 15) is 4.79 Å². The first-order valence-corrected chi connectivity index (χ1v) is 8.86. The third-order valence-electron chi connectivity index (χ3n) is 3.18. The van der Waals surface area contributed by atoms with E-state index in [2.05, 4.69) is 17.1 Å². The molecule has 0 aliphatic carbocycles. The molecule has 0 aliphatic rings. The summed E-state index contributed by atoms with van der Waals surface area (Å²) in [7, 11) is 0. The Labute approximate surface area is 140 Å². The maximum Gasteiger partial charge on any atom is 0.343 e. The third-order valence-corrected chi connectivity index (χ3v) is 4.12. The third kappa shape index (κ3) is 5.35. The minimum atomic E-state index is -0.145. The number of H-pyrrole nitrogens is 1. The molecule has 1 heterocycles. The fraction of sp³-hybridized carbons (Fsp3) is 0.500. The summed E-state index contributed by atoms with van der Waals surface area (Å²) in [4.78, 5) is 11.7. The smallest absolute Gasteiger partial charge is 0.343 e. The number of benzene rings is 1. The number of hydrogen-bond donors (Lipinski definition) is 1. The number of nitrogens with zero attached hydrogens (tertiary/aromatic N) is 2. The van der Waals surface area contributed by atoms with Crippen molar-refractivity contribution in [3.63, 3.8) is 0 Å². The number of aromatic amines is 1. The van der Waals surface area contributed by atoms with Crippen LogP contribution in [-0.2, 0) is 6.54 Å². The van der Waals surface area contributed by atoms with Gasteiger partial charge in [-0.05, 0) is 37.6 Å². The van der Waals surface area contributed by atoms with Crippen LogP contribution < -0.4 is 15.2 Å². The first-order valence-electron chi connectivity index (χ1n) is 7.88. The van der Waals surface area contributed by atoms with Crippen LogP contribution in [0.1, 0.15) is 26.7 Å². The van der Waals surface area contributed by atoms with Gasteiger partial charge in [-0.3, -0.25) is 4.57 Å². The van der Waals surface area contributed by atoms with Crippen molar-refractivity contribution >= 4 is 11.8 Å². The molecule has 2 aromatic rings. The molecule has 0 saturated carbocycles. The van der Waals surface area contributed by atoms with E-state index >= 15 is 0 Å². The van der Waals surface area contributed by atoms with Gasteiger partial charge in [0.2, 0.25) is 0 Å². The number of ether oxygens (including phenoxy) is 2. The topological polar surface area (TPSA) is 69.1 Å². The van der Waals surface area contributed by atoms with E-state index in [0.29, 0.717) is 19.8 Å². The quantitative estimate of drug-likeness (QED) is 0.533. The molecular formula is C16H23N3O3S. The lowest BCUT2D eigenvalue weighted by Gasteiger charge is -2.08. The minimum absolute atomic E-state index is 0.145. The molecule has 126 valence electrons. The molecule has 7 heteroatoms. The van der Waals surface area contributed by atoms with Crippen LogP contribution in [0.25, 0.3) is 0 Å². The highest BCUT2D eigenvalue weighted by atomic mass is 32.2. The van der Waals surface area contributed by atoms with Gasteiger partial charge in [0.1, 0.15) is 11.5 Å². The van der Waals surface area contributed by atoms with Gasteiger partial charge < -0.3 is 9.47 Å². The number of unbranched alkanes of at least 4 members (excludes halogenated alkanes) is 1. The van der Waals surface area contributed by atoms with Gasteiger partial charge in [0.15, 0.2) is 5.16 Å². The zero-order valence-electron chi connectivity index (χ0n) is 13.6. The number of nitrogens with one attached hydrogen (secondary N) is 1. The molecule has 1 aromatic heterocycles. The average molecular weight is 337 g/mol. The first kappa shape index (κ1) is 17.5. The number of rotatable bonds is 10. The van der Waals surface area contributed by atoms with E-state index in [4.69, 9.17) is 9.47 Å². The van der Waals surface area contributed by atoms with Crippen molar-refractivity contribution in [3.8, 4) is 11.5 Å². The number of hydrogen-bond acceptors (Lipinski definition) is 5. The predicted octanol–water partition coefficient (Wildman–Crippen LogP) is 2.94. The standard InChI is InChI=1S/C16H23N3O3S/c1-3-5-10-19-15(20)17-18-16(19)23-12-11-22-14-8-6-13(7-9-14)21-4-2/h6-9H,3-5,10-12H2,1-2H3,(H,17,20). The van der Waals surface area contributed by atoms with Gasteiger partial charge in [0, 0.05) is 12.3 Å².